The van der Waals surface area contributed by atoms with Crippen LogP contribution in [-0.4, -0.2) is 12.8 Å². The number of hydrogen-bond acceptors (Lipinski definition) is 1. The molecule has 0 atom stereocenters. The van der Waals surface area contributed by atoms with Crippen molar-refractivity contribution in [3.63, 3.8) is 0 Å². The van der Waals surface area contributed by atoms with Crippen LogP contribution in [0, 0.1) is 23.8 Å². The monoisotopic (exact) mass is 445 g/mol. The second-order valence-corrected chi connectivity index (χ2v) is 11.1. The minimum atomic E-state index is -1.95. The van der Waals surface area contributed by atoms with Crippen molar-refractivity contribution in [2.24, 2.45) is 0 Å². The second kappa shape index (κ2) is 10.4. The average molecular weight is 445 g/mol. The smallest absolute Gasteiger partial charge is 0.167 e. The summed E-state index contributed by atoms with van der Waals surface area (Å²) in [6.45, 7) is 0.372. The molecule has 0 spiro atoms. The third-order valence-corrected chi connectivity index (χ3v) is 9.91. The van der Waals surface area contributed by atoms with Crippen molar-refractivity contribution >= 4 is 23.2 Å². The summed E-state index contributed by atoms with van der Waals surface area (Å²) in [5.74, 6) is -1.19. The van der Waals surface area contributed by atoms with Gasteiger partial charge in [0.2, 0.25) is 0 Å². The molecular weight excluding hydrogens is 421 g/mol. The summed E-state index contributed by atoms with van der Waals surface area (Å²) < 4.78 is 32.5. The van der Waals surface area contributed by atoms with E-state index in [4.69, 9.17) is 4.74 Å². The molecular formula is C28H24F2OP+. The summed E-state index contributed by atoms with van der Waals surface area (Å²) >= 11 is 0. The Kier molecular flexibility index (Phi) is 7.15. The lowest BCUT2D eigenvalue weighted by atomic mass is 10.3. The molecule has 0 saturated carbocycles. The summed E-state index contributed by atoms with van der Waals surface area (Å²) in [4.78, 5) is 0. The van der Waals surface area contributed by atoms with Crippen LogP contribution < -0.4 is 20.7 Å². The number of benzene rings is 3. The van der Waals surface area contributed by atoms with Gasteiger partial charge in [0.05, 0.1) is 12.8 Å². The molecule has 0 unspecified atom stereocenters. The van der Waals surface area contributed by atoms with E-state index in [0.717, 1.165) is 25.1 Å². The van der Waals surface area contributed by atoms with Gasteiger partial charge < -0.3 is 4.74 Å². The number of rotatable bonds is 9. The molecule has 0 radical (unpaired) electrons. The minimum absolute atomic E-state index is 0.0876. The fourth-order valence-electron chi connectivity index (χ4n) is 3.96. The van der Waals surface area contributed by atoms with Gasteiger partial charge in [-0.1, -0.05) is 42.5 Å². The lowest BCUT2D eigenvalue weighted by Crippen LogP contribution is -2.33. The van der Waals surface area contributed by atoms with E-state index in [1.54, 1.807) is 0 Å². The molecule has 0 aromatic heterocycles. The predicted molar refractivity (Wildman–Crippen MR) is 129 cm³/mol. The average Bonchev–Trinajstić information content (AvgIpc) is 2.84. The highest BCUT2D eigenvalue weighted by Gasteiger charge is 2.45. The molecule has 1 nitrogen and oxygen atoms in total. The zero-order valence-electron chi connectivity index (χ0n) is 17.7. The highest BCUT2D eigenvalue weighted by molar-refractivity contribution is 7.95. The van der Waals surface area contributed by atoms with Crippen LogP contribution in [0.3, 0.4) is 0 Å². The van der Waals surface area contributed by atoms with E-state index >= 15 is 0 Å². The van der Waals surface area contributed by atoms with Gasteiger partial charge in [-0.25, -0.2) is 8.78 Å². The van der Waals surface area contributed by atoms with Crippen LogP contribution in [0.2, 0.25) is 0 Å². The molecule has 0 N–H and O–H groups in total. The number of ether oxygens (including phenoxy) is 1. The first-order valence-electron chi connectivity index (χ1n) is 10.7. The van der Waals surface area contributed by atoms with Gasteiger partial charge in [-0.05, 0) is 73.5 Å². The molecule has 4 heteroatoms. The Labute approximate surface area is 189 Å². The molecule has 32 heavy (non-hydrogen) atoms. The summed E-state index contributed by atoms with van der Waals surface area (Å²) in [5, 5.41) is 3.77. The number of hydrogen-bond donors (Lipinski definition) is 0. The van der Waals surface area contributed by atoms with Gasteiger partial charge in [-0.2, -0.15) is 0 Å². The summed E-state index contributed by atoms with van der Waals surface area (Å²) in [6.07, 6.45) is 2.59. The highest BCUT2D eigenvalue weighted by atomic mass is 31.2. The largest absolute Gasteiger partial charge is 0.491 e. The Morgan fingerprint density at radius 3 is 2.03 bits per heavy atom. The third-order valence-electron chi connectivity index (χ3n) is 5.48. The fraction of sp³-hybridized carbons (Fsp3) is 0.143. The van der Waals surface area contributed by atoms with Crippen LogP contribution in [0.15, 0.2) is 97.1 Å². The van der Waals surface area contributed by atoms with Gasteiger partial charge in [-0.3, -0.25) is 0 Å². The third kappa shape index (κ3) is 4.82. The van der Waals surface area contributed by atoms with Crippen molar-refractivity contribution in [1.82, 2.24) is 0 Å². The van der Waals surface area contributed by atoms with Crippen LogP contribution in [0.4, 0.5) is 8.78 Å². The SMILES string of the molecule is Fc1ccc(OCCCC[P+](c2c#cccc2)(c2ccccc2)c2ccccc2)c(F)c1. The van der Waals surface area contributed by atoms with E-state index in [2.05, 4.69) is 66.7 Å². The molecule has 4 aromatic carbocycles. The van der Waals surface area contributed by atoms with Gasteiger partial charge in [0.1, 0.15) is 23.7 Å². The van der Waals surface area contributed by atoms with E-state index in [0.29, 0.717) is 6.61 Å². The van der Waals surface area contributed by atoms with Crippen molar-refractivity contribution in [2.75, 3.05) is 12.8 Å². The molecule has 0 fully saturated rings. The zero-order valence-corrected chi connectivity index (χ0v) is 18.6. The van der Waals surface area contributed by atoms with Crippen LogP contribution >= 0.6 is 7.26 Å². The normalized spacial score (nSPS) is 11.1. The highest BCUT2D eigenvalue weighted by Crippen LogP contribution is 2.55. The molecule has 0 aliphatic carbocycles. The topological polar surface area (TPSA) is 9.23 Å². The maximum atomic E-state index is 13.8. The second-order valence-electron chi connectivity index (χ2n) is 7.52. The van der Waals surface area contributed by atoms with E-state index in [1.165, 1.54) is 28.0 Å². The van der Waals surface area contributed by atoms with E-state index < -0.39 is 18.9 Å². The predicted octanol–water partition coefficient (Wildman–Crippen LogP) is 5.72. The Morgan fingerprint density at radius 2 is 1.44 bits per heavy atom. The number of halogens is 2. The van der Waals surface area contributed by atoms with Gasteiger partial charge >= 0.3 is 0 Å². The van der Waals surface area contributed by atoms with Crippen molar-refractivity contribution in [3.05, 3.63) is 121 Å². The van der Waals surface area contributed by atoms with Crippen molar-refractivity contribution in [3.8, 4) is 5.75 Å². The fourth-order valence-corrected chi connectivity index (χ4v) is 8.23. The molecule has 4 rings (SSSR count). The van der Waals surface area contributed by atoms with Crippen molar-refractivity contribution in [1.29, 1.82) is 0 Å². The molecule has 0 saturated heterocycles. The van der Waals surface area contributed by atoms with Crippen LogP contribution in [0.25, 0.3) is 0 Å². The molecule has 0 bridgehead atoms. The standard InChI is InChI=1S/C28H24F2OP/c29-23-18-19-28(27(30)22-23)31-20-10-11-21-32(24-12-4-1-5-13-24,25-14-6-2-7-15-25)26-16-8-3-9-17-26/h1-8,12-16,18-19,22H,10-11,20-21H2/q+1. The number of unbranched alkanes of at least 4 members (excludes halogenated alkanes) is 1. The molecule has 0 amide bonds. The lowest BCUT2D eigenvalue weighted by Gasteiger charge is -2.26. The lowest BCUT2D eigenvalue weighted by molar-refractivity contribution is 0.293. The van der Waals surface area contributed by atoms with Gasteiger partial charge in [-0.15, -0.1) is 0 Å². The van der Waals surface area contributed by atoms with E-state index in [9.17, 15) is 8.78 Å². The Hall–Kier alpha value is -3.21. The van der Waals surface area contributed by atoms with Gasteiger partial charge in [0.25, 0.3) is 0 Å². The van der Waals surface area contributed by atoms with Crippen molar-refractivity contribution < 1.29 is 13.5 Å². The summed E-state index contributed by atoms with van der Waals surface area (Å²) in [7, 11) is -1.95. The molecule has 0 aliphatic rings. The van der Waals surface area contributed by atoms with Crippen LogP contribution in [0.5, 0.6) is 5.75 Å². The van der Waals surface area contributed by atoms with Crippen molar-refractivity contribution in [2.45, 2.75) is 12.8 Å². The molecule has 0 aliphatic heterocycles. The first kappa shape index (κ1) is 22.0. The van der Waals surface area contributed by atoms with Gasteiger partial charge in [0.15, 0.2) is 16.9 Å². The maximum Gasteiger partial charge on any atom is 0.167 e. The minimum Gasteiger partial charge on any atom is -0.491 e. The summed E-state index contributed by atoms with van der Waals surface area (Å²) in [5.41, 5.74) is 0. The van der Waals surface area contributed by atoms with Crippen LogP contribution in [0.1, 0.15) is 12.8 Å². The quantitative estimate of drug-likeness (QED) is 0.237. The first-order chi connectivity index (χ1) is 15.7. The van der Waals surface area contributed by atoms with E-state index in [-0.39, 0.29) is 5.75 Å². The molecule has 0 heterocycles. The Morgan fingerprint density at radius 1 is 0.750 bits per heavy atom. The molecule has 4 aromatic rings. The maximum absolute atomic E-state index is 13.8. The Bertz CT molecular complexity index is 1020. The summed E-state index contributed by atoms with van der Waals surface area (Å²) in [6, 6.07) is 37.2. The Balaban J connectivity index is 1.58. The zero-order chi connectivity index (χ0) is 22.2. The molecule has 160 valence electrons. The van der Waals surface area contributed by atoms with Crippen LogP contribution in [-0.2, 0) is 0 Å². The van der Waals surface area contributed by atoms with E-state index in [1.807, 2.05) is 24.3 Å². The van der Waals surface area contributed by atoms with Gasteiger partial charge in [0, 0.05) is 6.07 Å². The first-order valence-corrected chi connectivity index (χ1v) is 12.6.